The van der Waals surface area contributed by atoms with Crippen LogP contribution in [0, 0.1) is 12.3 Å². The van der Waals surface area contributed by atoms with Gasteiger partial charge in [0, 0.05) is 31.0 Å². The molecule has 1 aromatic carbocycles. The summed E-state index contributed by atoms with van der Waals surface area (Å²) in [7, 11) is 0. The topological polar surface area (TPSA) is 48.8 Å². The molecule has 3 aliphatic rings. The van der Waals surface area contributed by atoms with Gasteiger partial charge in [0.15, 0.2) is 0 Å². The summed E-state index contributed by atoms with van der Waals surface area (Å²) >= 11 is 0. The quantitative estimate of drug-likeness (QED) is 0.630. The molecule has 0 atom stereocenters. The number of piperidine rings is 1. The van der Waals surface area contributed by atoms with Crippen LogP contribution in [0.15, 0.2) is 30.3 Å². The summed E-state index contributed by atoms with van der Waals surface area (Å²) in [5.41, 5.74) is 1.91. The number of nitrogens with zero attached hydrogens (tertiary/aromatic N) is 3. The largest absolute Gasteiger partial charge is 0.573 e. The van der Waals surface area contributed by atoms with Gasteiger partial charge in [0.2, 0.25) is 5.88 Å². The molecule has 2 saturated heterocycles. The van der Waals surface area contributed by atoms with Crippen molar-refractivity contribution in [3.8, 4) is 17.3 Å². The Balaban J connectivity index is 1.14. The molecule has 1 aliphatic carbocycles. The lowest BCUT2D eigenvalue weighted by atomic mass is 9.61. The van der Waals surface area contributed by atoms with Crippen LogP contribution in [0.25, 0.3) is 5.69 Å². The summed E-state index contributed by atoms with van der Waals surface area (Å²) in [6.45, 7) is 6.01. The number of benzene rings is 1. The number of likely N-dealkylation sites (tertiary alicyclic amines) is 1. The van der Waals surface area contributed by atoms with E-state index in [1.54, 1.807) is 16.8 Å². The standard InChI is InChI=1S/C24H30F3N3O3/c1-17-14-22(28-30(17)19-2-4-20(5-3-19)33-24(25,26)27)32-21-15-23(16-21)8-10-29(11-9-23)18-6-12-31-13-7-18/h2-5,14,18,21H,6-13,15-16H2,1H3. The van der Waals surface area contributed by atoms with Gasteiger partial charge in [-0.15, -0.1) is 18.3 Å². The summed E-state index contributed by atoms with van der Waals surface area (Å²) in [4.78, 5) is 2.65. The van der Waals surface area contributed by atoms with Gasteiger partial charge in [0.25, 0.3) is 0 Å². The minimum atomic E-state index is -4.70. The molecule has 1 aromatic heterocycles. The SMILES string of the molecule is Cc1cc(OC2CC3(CCN(C4CCOCC4)CC3)C2)nn1-c1ccc(OC(F)(F)F)cc1. The first-order valence-corrected chi connectivity index (χ1v) is 11.7. The Morgan fingerprint density at radius 3 is 2.36 bits per heavy atom. The van der Waals surface area contributed by atoms with E-state index in [9.17, 15) is 13.2 Å². The van der Waals surface area contributed by atoms with Crippen LogP contribution in [0.3, 0.4) is 0 Å². The molecule has 1 spiro atoms. The Morgan fingerprint density at radius 1 is 1.06 bits per heavy atom. The van der Waals surface area contributed by atoms with Crippen molar-refractivity contribution in [2.45, 2.75) is 64.0 Å². The third kappa shape index (κ3) is 5.14. The van der Waals surface area contributed by atoms with E-state index in [0.29, 0.717) is 23.0 Å². The van der Waals surface area contributed by atoms with E-state index >= 15 is 0 Å². The second-order valence-corrected chi connectivity index (χ2v) is 9.61. The van der Waals surface area contributed by atoms with Crippen LogP contribution in [0.5, 0.6) is 11.6 Å². The molecule has 5 rings (SSSR count). The van der Waals surface area contributed by atoms with E-state index in [0.717, 1.165) is 44.6 Å². The molecule has 6 nitrogen and oxygen atoms in total. The van der Waals surface area contributed by atoms with Crippen molar-refractivity contribution in [1.82, 2.24) is 14.7 Å². The molecule has 1 saturated carbocycles. The molecule has 3 fully saturated rings. The van der Waals surface area contributed by atoms with Gasteiger partial charge in [0.05, 0.1) is 5.69 Å². The second kappa shape index (κ2) is 8.83. The summed E-state index contributed by atoms with van der Waals surface area (Å²) in [6, 6.07) is 8.23. The first-order chi connectivity index (χ1) is 15.8. The van der Waals surface area contributed by atoms with Crippen molar-refractivity contribution in [2.24, 2.45) is 5.41 Å². The fourth-order valence-corrected chi connectivity index (χ4v) is 5.54. The Kier molecular flexibility index (Phi) is 6.03. The number of ether oxygens (including phenoxy) is 3. The van der Waals surface area contributed by atoms with Gasteiger partial charge in [-0.3, -0.25) is 0 Å². The molecule has 0 bridgehead atoms. The summed E-state index contributed by atoms with van der Waals surface area (Å²) < 4.78 is 54.4. The normalized spacial score (nSPS) is 22.3. The van der Waals surface area contributed by atoms with Crippen LogP contribution < -0.4 is 9.47 Å². The smallest absolute Gasteiger partial charge is 0.473 e. The van der Waals surface area contributed by atoms with Crippen molar-refractivity contribution in [3.63, 3.8) is 0 Å². The number of halogens is 3. The highest BCUT2D eigenvalue weighted by atomic mass is 19.4. The van der Waals surface area contributed by atoms with Gasteiger partial charge in [-0.1, -0.05) is 0 Å². The highest BCUT2D eigenvalue weighted by molar-refractivity contribution is 5.39. The van der Waals surface area contributed by atoms with Crippen LogP contribution in [-0.4, -0.2) is 59.5 Å². The van der Waals surface area contributed by atoms with Crippen molar-refractivity contribution in [1.29, 1.82) is 0 Å². The number of aromatic nitrogens is 2. The van der Waals surface area contributed by atoms with Crippen LogP contribution >= 0.6 is 0 Å². The number of rotatable bonds is 5. The lowest BCUT2D eigenvalue weighted by Crippen LogP contribution is -2.53. The molecular formula is C24H30F3N3O3. The van der Waals surface area contributed by atoms with Crippen molar-refractivity contribution < 1.29 is 27.4 Å². The zero-order valence-electron chi connectivity index (χ0n) is 18.8. The number of alkyl halides is 3. The molecule has 2 aromatic rings. The lowest BCUT2D eigenvalue weighted by molar-refractivity contribution is -0.274. The monoisotopic (exact) mass is 465 g/mol. The van der Waals surface area contributed by atoms with E-state index in [2.05, 4.69) is 14.7 Å². The molecule has 0 N–H and O–H groups in total. The van der Waals surface area contributed by atoms with Crippen LogP contribution in [-0.2, 0) is 4.74 Å². The zero-order valence-corrected chi connectivity index (χ0v) is 18.8. The van der Waals surface area contributed by atoms with E-state index in [1.807, 2.05) is 13.0 Å². The minimum absolute atomic E-state index is 0.171. The van der Waals surface area contributed by atoms with Gasteiger partial charge in [-0.05, 0) is 88.2 Å². The van der Waals surface area contributed by atoms with Crippen LogP contribution in [0.2, 0.25) is 0 Å². The third-order valence-electron chi connectivity index (χ3n) is 7.35. The van der Waals surface area contributed by atoms with Gasteiger partial charge in [-0.25, -0.2) is 4.68 Å². The van der Waals surface area contributed by atoms with Crippen molar-refractivity contribution >= 4 is 0 Å². The Morgan fingerprint density at radius 2 is 1.73 bits per heavy atom. The molecule has 33 heavy (non-hydrogen) atoms. The predicted octanol–water partition coefficient (Wildman–Crippen LogP) is 4.88. The van der Waals surface area contributed by atoms with E-state index in [-0.39, 0.29) is 11.9 Å². The molecular weight excluding hydrogens is 435 g/mol. The highest BCUT2D eigenvalue weighted by Crippen LogP contribution is 2.50. The summed E-state index contributed by atoms with van der Waals surface area (Å²) in [6.07, 6.45) is 2.34. The number of hydrogen-bond acceptors (Lipinski definition) is 5. The maximum absolute atomic E-state index is 12.4. The molecule has 0 amide bonds. The predicted molar refractivity (Wildman–Crippen MR) is 116 cm³/mol. The molecule has 0 unspecified atom stereocenters. The molecule has 9 heteroatoms. The first kappa shape index (κ1) is 22.5. The van der Waals surface area contributed by atoms with Crippen LogP contribution in [0.4, 0.5) is 13.2 Å². The summed E-state index contributed by atoms with van der Waals surface area (Å²) in [5, 5.41) is 4.52. The fraction of sp³-hybridized carbons (Fsp3) is 0.625. The number of aryl methyl sites for hydroxylation is 1. The zero-order chi connectivity index (χ0) is 23.1. The maximum atomic E-state index is 12.4. The second-order valence-electron chi connectivity index (χ2n) is 9.61. The van der Waals surface area contributed by atoms with Gasteiger partial charge in [0.1, 0.15) is 11.9 Å². The van der Waals surface area contributed by atoms with Gasteiger partial charge in [-0.2, -0.15) is 0 Å². The molecule has 180 valence electrons. The van der Waals surface area contributed by atoms with Gasteiger partial charge >= 0.3 is 6.36 Å². The van der Waals surface area contributed by atoms with E-state index < -0.39 is 6.36 Å². The lowest BCUT2D eigenvalue weighted by Gasteiger charge is -2.52. The maximum Gasteiger partial charge on any atom is 0.573 e. The Bertz CT molecular complexity index is 938. The van der Waals surface area contributed by atoms with Crippen LogP contribution in [0.1, 0.15) is 44.2 Å². The Labute approximate surface area is 191 Å². The minimum Gasteiger partial charge on any atom is -0.473 e. The van der Waals surface area contributed by atoms with E-state index in [4.69, 9.17) is 9.47 Å². The molecule has 0 radical (unpaired) electrons. The average Bonchev–Trinajstić information content (AvgIpc) is 3.13. The average molecular weight is 466 g/mol. The molecule has 3 heterocycles. The first-order valence-electron chi connectivity index (χ1n) is 11.7. The van der Waals surface area contributed by atoms with Crippen molar-refractivity contribution in [3.05, 3.63) is 36.0 Å². The molecule has 2 aliphatic heterocycles. The van der Waals surface area contributed by atoms with E-state index in [1.165, 1.54) is 38.1 Å². The fourth-order valence-electron chi connectivity index (χ4n) is 5.54. The highest BCUT2D eigenvalue weighted by Gasteiger charge is 2.48. The summed E-state index contributed by atoms with van der Waals surface area (Å²) in [5.74, 6) is 0.303. The third-order valence-corrected chi connectivity index (χ3v) is 7.35. The Hall–Kier alpha value is -2.26. The number of hydrogen-bond donors (Lipinski definition) is 0. The van der Waals surface area contributed by atoms with Crippen molar-refractivity contribution in [2.75, 3.05) is 26.3 Å². The van der Waals surface area contributed by atoms with Gasteiger partial charge < -0.3 is 19.1 Å².